The number of hydrogen-bond acceptors (Lipinski definition) is 5. The molecule has 0 bridgehead atoms. The average molecular weight is 216 g/mol. The molecular formula is C7H6ClN3OS. The molecule has 68 valence electrons. The lowest BCUT2D eigenvalue weighted by atomic mass is 10.3. The smallest absolute Gasteiger partial charge is 0.202 e. The van der Waals surface area contributed by atoms with Crippen molar-refractivity contribution in [3.63, 3.8) is 0 Å². The second-order valence-corrected chi connectivity index (χ2v) is 4.05. The van der Waals surface area contributed by atoms with Crippen LogP contribution >= 0.6 is 22.9 Å². The molecule has 0 aliphatic carbocycles. The molecule has 0 saturated heterocycles. The highest BCUT2D eigenvalue weighted by Crippen LogP contribution is 2.34. The molecule has 2 N–H and O–H groups in total. The van der Waals surface area contributed by atoms with Crippen molar-refractivity contribution in [1.29, 1.82) is 0 Å². The van der Waals surface area contributed by atoms with Crippen LogP contribution in [0.4, 0.5) is 5.69 Å². The quantitative estimate of drug-likeness (QED) is 0.793. The Morgan fingerprint density at radius 3 is 2.85 bits per heavy atom. The van der Waals surface area contributed by atoms with Gasteiger partial charge in [0.15, 0.2) is 5.15 Å². The SMILES string of the molecule is Cc1ncc(-c2onc(Cl)c2N)s1. The first kappa shape index (κ1) is 8.52. The predicted molar refractivity (Wildman–Crippen MR) is 51.8 cm³/mol. The van der Waals surface area contributed by atoms with Gasteiger partial charge in [0, 0.05) is 6.20 Å². The van der Waals surface area contributed by atoms with Crippen molar-refractivity contribution in [2.75, 3.05) is 5.73 Å². The molecule has 2 heterocycles. The van der Waals surface area contributed by atoms with Crippen LogP contribution in [0, 0.1) is 6.92 Å². The van der Waals surface area contributed by atoms with Crippen LogP contribution in [0.2, 0.25) is 5.15 Å². The summed E-state index contributed by atoms with van der Waals surface area (Å²) >= 11 is 7.13. The molecule has 2 aromatic rings. The van der Waals surface area contributed by atoms with Crippen LogP contribution in [0.15, 0.2) is 10.7 Å². The molecule has 0 fully saturated rings. The van der Waals surface area contributed by atoms with Crippen molar-refractivity contribution in [1.82, 2.24) is 10.1 Å². The molecule has 2 aromatic heterocycles. The summed E-state index contributed by atoms with van der Waals surface area (Å²) in [4.78, 5) is 4.92. The van der Waals surface area contributed by atoms with Crippen LogP contribution in [0.1, 0.15) is 5.01 Å². The van der Waals surface area contributed by atoms with Crippen molar-refractivity contribution < 1.29 is 4.52 Å². The summed E-state index contributed by atoms with van der Waals surface area (Å²) in [5.41, 5.74) is 6.00. The summed E-state index contributed by atoms with van der Waals surface area (Å²) in [6.45, 7) is 1.91. The number of nitrogens with two attached hydrogens (primary N) is 1. The van der Waals surface area contributed by atoms with E-state index in [1.54, 1.807) is 6.20 Å². The molecule has 2 rings (SSSR count). The third-order valence-corrected chi connectivity index (χ3v) is 2.71. The fourth-order valence-corrected chi connectivity index (χ4v) is 1.81. The van der Waals surface area contributed by atoms with Gasteiger partial charge in [-0.15, -0.1) is 11.3 Å². The van der Waals surface area contributed by atoms with Crippen LogP contribution in [0.3, 0.4) is 0 Å². The number of anilines is 1. The van der Waals surface area contributed by atoms with E-state index in [0.717, 1.165) is 9.88 Å². The van der Waals surface area contributed by atoms with Crippen molar-refractivity contribution >= 4 is 28.6 Å². The lowest BCUT2D eigenvalue weighted by Crippen LogP contribution is -1.83. The van der Waals surface area contributed by atoms with Crippen LogP contribution in [-0.4, -0.2) is 10.1 Å². The first-order valence-electron chi connectivity index (χ1n) is 3.52. The zero-order valence-electron chi connectivity index (χ0n) is 6.74. The van der Waals surface area contributed by atoms with E-state index in [-0.39, 0.29) is 5.15 Å². The molecule has 0 amide bonds. The summed E-state index contributed by atoms with van der Waals surface area (Å²) in [6.07, 6.45) is 1.69. The van der Waals surface area contributed by atoms with Gasteiger partial charge in [-0.2, -0.15) is 0 Å². The maximum Gasteiger partial charge on any atom is 0.202 e. The summed E-state index contributed by atoms with van der Waals surface area (Å²) in [6, 6.07) is 0. The molecule has 0 unspecified atom stereocenters. The Balaban J connectivity index is 2.52. The number of nitrogens with zero attached hydrogens (tertiary/aromatic N) is 2. The zero-order valence-corrected chi connectivity index (χ0v) is 8.32. The molecule has 0 atom stereocenters. The first-order chi connectivity index (χ1) is 6.18. The maximum atomic E-state index is 5.64. The highest BCUT2D eigenvalue weighted by Gasteiger charge is 2.14. The van der Waals surface area contributed by atoms with Crippen LogP contribution in [-0.2, 0) is 0 Å². The second kappa shape index (κ2) is 3.01. The third-order valence-electron chi connectivity index (χ3n) is 1.53. The van der Waals surface area contributed by atoms with Gasteiger partial charge in [-0.3, -0.25) is 0 Å². The van der Waals surface area contributed by atoms with E-state index in [9.17, 15) is 0 Å². The van der Waals surface area contributed by atoms with Crippen molar-refractivity contribution in [2.24, 2.45) is 0 Å². The van der Waals surface area contributed by atoms with Gasteiger partial charge < -0.3 is 10.3 Å². The van der Waals surface area contributed by atoms with Gasteiger partial charge in [-0.05, 0) is 6.92 Å². The first-order valence-corrected chi connectivity index (χ1v) is 4.71. The molecule has 4 nitrogen and oxygen atoms in total. The Kier molecular flexibility index (Phi) is 1.97. The van der Waals surface area contributed by atoms with Gasteiger partial charge in [0.25, 0.3) is 0 Å². The van der Waals surface area contributed by atoms with Crippen LogP contribution in [0.25, 0.3) is 10.6 Å². The fraction of sp³-hybridized carbons (Fsp3) is 0.143. The van der Waals surface area contributed by atoms with Crippen LogP contribution in [0.5, 0.6) is 0 Å². The number of aromatic nitrogens is 2. The lowest BCUT2D eigenvalue weighted by molar-refractivity contribution is 0.433. The average Bonchev–Trinajstić information content (AvgIpc) is 2.62. The van der Waals surface area contributed by atoms with E-state index in [0.29, 0.717) is 11.4 Å². The topological polar surface area (TPSA) is 64.9 Å². The molecule has 13 heavy (non-hydrogen) atoms. The Bertz CT molecular complexity index is 437. The van der Waals surface area contributed by atoms with E-state index in [1.807, 2.05) is 6.92 Å². The number of thiazole rings is 1. The maximum absolute atomic E-state index is 5.64. The predicted octanol–water partition coefficient (Wildman–Crippen LogP) is 2.34. The van der Waals surface area contributed by atoms with E-state index in [4.69, 9.17) is 21.9 Å². The largest absolute Gasteiger partial charge is 0.393 e. The number of rotatable bonds is 1. The minimum absolute atomic E-state index is 0.195. The molecular weight excluding hydrogens is 210 g/mol. The standard InChI is InChI=1S/C7H6ClN3OS/c1-3-10-2-4(13-3)6-5(9)7(8)11-12-6/h2H,9H2,1H3. The number of halogens is 1. The van der Waals surface area contributed by atoms with E-state index in [2.05, 4.69) is 10.1 Å². The van der Waals surface area contributed by atoms with Crippen molar-refractivity contribution in [3.8, 4) is 10.6 Å². The summed E-state index contributed by atoms with van der Waals surface area (Å²) in [5.74, 6) is 0.496. The molecule has 0 radical (unpaired) electrons. The van der Waals surface area contributed by atoms with Gasteiger partial charge in [-0.25, -0.2) is 4.98 Å². The van der Waals surface area contributed by atoms with E-state index >= 15 is 0 Å². The highest BCUT2D eigenvalue weighted by molar-refractivity contribution is 7.15. The van der Waals surface area contributed by atoms with Gasteiger partial charge in [0.2, 0.25) is 5.76 Å². The molecule has 0 saturated carbocycles. The lowest BCUT2D eigenvalue weighted by Gasteiger charge is -1.88. The number of hydrogen-bond donors (Lipinski definition) is 1. The Morgan fingerprint density at radius 1 is 1.62 bits per heavy atom. The third kappa shape index (κ3) is 1.40. The minimum atomic E-state index is 0.195. The Hall–Kier alpha value is -1.07. The van der Waals surface area contributed by atoms with Crippen molar-refractivity contribution in [3.05, 3.63) is 16.4 Å². The molecule has 0 aromatic carbocycles. The summed E-state index contributed by atoms with van der Waals surface area (Å²) in [5, 5.41) is 4.69. The Labute approximate surface area is 83.3 Å². The summed E-state index contributed by atoms with van der Waals surface area (Å²) in [7, 11) is 0. The van der Waals surface area contributed by atoms with Gasteiger partial charge >= 0.3 is 0 Å². The fourth-order valence-electron chi connectivity index (χ4n) is 0.922. The molecule has 0 spiro atoms. The van der Waals surface area contributed by atoms with Gasteiger partial charge in [0.05, 0.1) is 9.88 Å². The van der Waals surface area contributed by atoms with Crippen molar-refractivity contribution in [2.45, 2.75) is 6.92 Å². The zero-order chi connectivity index (χ0) is 9.42. The van der Waals surface area contributed by atoms with Gasteiger partial charge in [0.1, 0.15) is 5.69 Å². The molecule has 0 aliphatic rings. The summed E-state index contributed by atoms with van der Waals surface area (Å²) < 4.78 is 4.96. The second-order valence-electron chi connectivity index (χ2n) is 2.46. The van der Waals surface area contributed by atoms with Crippen LogP contribution < -0.4 is 5.73 Å². The minimum Gasteiger partial charge on any atom is -0.393 e. The van der Waals surface area contributed by atoms with Gasteiger partial charge in [-0.1, -0.05) is 16.8 Å². The highest BCUT2D eigenvalue weighted by atomic mass is 35.5. The van der Waals surface area contributed by atoms with E-state index < -0.39 is 0 Å². The molecule has 0 aliphatic heterocycles. The normalized spacial score (nSPS) is 10.6. The molecule has 6 heteroatoms. The van der Waals surface area contributed by atoms with E-state index in [1.165, 1.54) is 11.3 Å². The monoisotopic (exact) mass is 215 g/mol. The Morgan fingerprint density at radius 2 is 2.38 bits per heavy atom. The number of nitrogen functional groups attached to an aromatic ring is 1. The number of aryl methyl sites for hydroxylation is 1.